The molecule has 0 spiro atoms. The van der Waals surface area contributed by atoms with E-state index in [-0.39, 0.29) is 12.7 Å². The number of halogens is 1. The minimum Gasteiger partial charge on any atom is -0.393 e. The summed E-state index contributed by atoms with van der Waals surface area (Å²) in [5, 5.41) is 11.7. The lowest BCUT2D eigenvalue weighted by atomic mass is 10.0. The molecular weight excluding hydrogens is 316 g/mol. The molecule has 0 aromatic carbocycles. The van der Waals surface area contributed by atoms with Gasteiger partial charge in [0, 0.05) is 30.6 Å². The number of fused-ring (bicyclic) bond motifs is 1. The van der Waals surface area contributed by atoms with E-state index in [0.717, 1.165) is 11.1 Å². The minimum absolute atomic E-state index is 0.0846. The second-order valence-corrected chi connectivity index (χ2v) is 5.58. The third-order valence-corrected chi connectivity index (χ3v) is 3.71. The van der Waals surface area contributed by atoms with Gasteiger partial charge in [0.1, 0.15) is 11.3 Å². The maximum Gasteiger partial charge on any atom is 0.129 e. The molecule has 0 bridgehead atoms. The standard InChI is InChI=1S/C16H17ClN4O2/c1-19-6-12(13(18)9-23-11-7-22-8-11)10-4-15-14(20-5-10)2-3-16(17)21-15/h2-6,11,18-19H,7-9H2,1H3/b12-6-,18-13?. The Bertz CT molecular complexity index is 759. The summed E-state index contributed by atoms with van der Waals surface area (Å²) in [5.41, 5.74) is 3.33. The predicted molar refractivity (Wildman–Crippen MR) is 89.9 cm³/mol. The predicted octanol–water partition coefficient (Wildman–Crippen LogP) is 2.28. The van der Waals surface area contributed by atoms with Crippen molar-refractivity contribution in [3.05, 3.63) is 41.3 Å². The van der Waals surface area contributed by atoms with Crippen LogP contribution in [0.5, 0.6) is 0 Å². The van der Waals surface area contributed by atoms with E-state index in [2.05, 4.69) is 15.3 Å². The highest BCUT2D eigenvalue weighted by Gasteiger charge is 2.20. The van der Waals surface area contributed by atoms with Gasteiger partial charge in [-0.2, -0.15) is 0 Å². The topological polar surface area (TPSA) is 80.1 Å². The molecule has 0 unspecified atom stereocenters. The largest absolute Gasteiger partial charge is 0.393 e. The maximum absolute atomic E-state index is 8.28. The van der Waals surface area contributed by atoms with Crippen molar-refractivity contribution in [1.82, 2.24) is 15.3 Å². The number of hydrogen-bond donors (Lipinski definition) is 2. The van der Waals surface area contributed by atoms with E-state index in [4.69, 9.17) is 26.5 Å². The molecule has 7 heteroatoms. The second kappa shape index (κ2) is 7.04. The molecule has 1 aliphatic heterocycles. The Labute approximate surface area is 139 Å². The Kier molecular flexibility index (Phi) is 4.85. The Morgan fingerprint density at radius 3 is 3.00 bits per heavy atom. The maximum atomic E-state index is 8.28. The highest BCUT2D eigenvalue weighted by molar-refractivity contribution is 6.29. The fourth-order valence-corrected chi connectivity index (χ4v) is 2.36. The molecule has 1 saturated heterocycles. The summed E-state index contributed by atoms with van der Waals surface area (Å²) in [6, 6.07) is 5.40. The molecule has 23 heavy (non-hydrogen) atoms. The number of nitrogens with one attached hydrogen (secondary N) is 2. The van der Waals surface area contributed by atoms with Crippen LogP contribution in [0.3, 0.4) is 0 Å². The lowest BCUT2D eigenvalue weighted by Gasteiger charge is -2.26. The molecule has 0 atom stereocenters. The van der Waals surface area contributed by atoms with E-state index in [0.29, 0.717) is 35.2 Å². The fraction of sp³-hybridized carbons (Fsp3) is 0.312. The first kappa shape index (κ1) is 15.9. The fourth-order valence-electron chi connectivity index (χ4n) is 2.21. The summed E-state index contributed by atoms with van der Waals surface area (Å²) in [7, 11) is 1.79. The van der Waals surface area contributed by atoms with Crippen LogP contribution in [0.15, 0.2) is 30.6 Å². The average molecular weight is 333 g/mol. The molecule has 2 aromatic rings. The first-order valence-electron chi connectivity index (χ1n) is 7.24. The summed E-state index contributed by atoms with van der Waals surface area (Å²) in [5.74, 6) is 0. The van der Waals surface area contributed by atoms with Gasteiger partial charge in [0.25, 0.3) is 0 Å². The van der Waals surface area contributed by atoms with Crippen LogP contribution >= 0.6 is 11.6 Å². The zero-order valence-corrected chi connectivity index (χ0v) is 13.4. The third-order valence-electron chi connectivity index (χ3n) is 3.50. The van der Waals surface area contributed by atoms with Gasteiger partial charge in [-0.3, -0.25) is 4.98 Å². The Hall–Kier alpha value is -2.02. The third kappa shape index (κ3) is 3.67. The van der Waals surface area contributed by atoms with Gasteiger partial charge < -0.3 is 20.2 Å². The van der Waals surface area contributed by atoms with E-state index in [1.165, 1.54) is 0 Å². The van der Waals surface area contributed by atoms with E-state index >= 15 is 0 Å². The Morgan fingerprint density at radius 2 is 2.30 bits per heavy atom. The van der Waals surface area contributed by atoms with Crippen LogP contribution in [0.2, 0.25) is 5.15 Å². The molecular formula is C16H17ClN4O2. The van der Waals surface area contributed by atoms with E-state index in [1.54, 1.807) is 25.5 Å². The number of ether oxygens (including phenoxy) is 2. The van der Waals surface area contributed by atoms with Crippen molar-refractivity contribution in [2.24, 2.45) is 0 Å². The monoisotopic (exact) mass is 332 g/mol. The van der Waals surface area contributed by atoms with E-state index in [9.17, 15) is 0 Å². The molecule has 3 heterocycles. The molecule has 0 amide bonds. The van der Waals surface area contributed by atoms with Crippen LogP contribution in [0.1, 0.15) is 5.56 Å². The zero-order valence-electron chi connectivity index (χ0n) is 12.7. The number of pyridine rings is 2. The lowest BCUT2D eigenvalue weighted by molar-refractivity contribution is -0.120. The van der Waals surface area contributed by atoms with Crippen molar-refractivity contribution < 1.29 is 9.47 Å². The highest BCUT2D eigenvalue weighted by Crippen LogP contribution is 2.21. The Balaban J connectivity index is 1.84. The zero-order chi connectivity index (χ0) is 16.2. The lowest BCUT2D eigenvalue weighted by Crippen LogP contribution is -2.37. The van der Waals surface area contributed by atoms with Gasteiger partial charge in [-0.05, 0) is 18.2 Å². The molecule has 6 nitrogen and oxygen atoms in total. The van der Waals surface area contributed by atoms with Gasteiger partial charge >= 0.3 is 0 Å². The van der Waals surface area contributed by atoms with Crippen molar-refractivity contribution >= 4 is 33.9 Å². The SMILES string of the molecule is CN/C=C(\C(=N)COC1COC1)c1cnc2ccc(Cl)nc2c1. The van der Waals surface area contributed by atoms with E-state index < -0.39 is 0 Å². The van der Waals surface area contributed by atoms with Crippen molar-refractivity contribution in [3.63, 3.8) is 0 Å². The van der Waals surface area contributed by atoms with Crippen molar-refractivity contribution in [2.45, 2.75) is 6.10 Å². The number of nitrogens with zero attached hydrogens (tertiary/aromatic N) is 2. The summed E-state index contributed by atoms with van der Waals surface area (Å²) < 4.78 is 10.7. The van der Waals surface area contributed by atoms with Gasteiger partial charge in [-0.25, -0.2) is 4.98 Å². The van der Waals surface area contributed by atoms with Gasteiger partial charge in [0.05, 0.1) is 36.6 Å². The average Bonchev–Trinajstić information content (AvgIpc) is 2.50. The first-order valence-corrected chi connectivity index (χ1v) is 7.62. The van der Waals surface area contributed by atoms with Crippen molar-refractivity contribution in [2.75, 3.05) is 26.9 Å². The molecule has 1 fully saturated rings. The molecule has 2 aromatic heterocycles. The second-order valence-electron chi connectivity index (χ2n) is 5.19. The first-order chi connectivity index (χ1) is 11.2. The quantitative estimate of drug-likeness (QED) is 0.626. The summed E-state index contributed by atoms with van der Waals surface area (Å²) in [6.45, 7) is 1.42. The smallest absolute Gasteiger partial charge is 0.129 e. The minimum atomic E-state index is 0.0846. The number of rotatable bonds is 6. The number of aromatic nitrogens is 2. The van der Waals surface area contributed by atoms with Gasteiger partial charge in [-0.15, -0.1) is 0 Å². The van der Waals surface area contributed by atoms with Gasteiger partial charge in [-0.1, -0.05) is 11.6 Å². The molecule has 0 saturated carbocycles. The van der Waals surface area contributed by atoms with E-state index in [1.807, 2.05) is 12.1 Å². The summed E-state index contributed by atoms with van der Waals surface area (Å²) in [6.07, 6.45) is 3.57. The van der Waals surface area contributed by atoms with Crippen LogP contribution in [0, 0.1) is 5.41 Å². The van der Waals surface area contributed by atoms with Crippen LogP contribution in [0.25, 0.3) is 16.6 Å². The molecule has 120 valence electrons. The molecule has 0 radical (unpaired) electrons. The summed E-state index contributed by atoms with van der Waals surface area (Å²) >= 11 is 5.94. The molecule has 2 N–H and O–H groups in total. The van der Waals surface area contributed by atoms with Crippen LogP contribution in [-0.2, 0) is 9.47 Å². The Morgan fingerprint density at radius 1 is 1.48 bits per heavy atom. The molecule has 3 rings (SSSR count). The van der Waals surface area contributed by atoms with Crippen molar-refractivity contribution in [3.8, 4) is 0 Å². The highest BCUT2D eigenvalue weighted by atomic mass is 35.5. The molecule has 1 aliphatic rings. The normalized spacial score (nSPS) is 15.5. The summed E-state index contributed by atoms with van der Waals surface area (Å²) in [4.78, 5) is 8.65. The van der Waals surface area contributed by atoms with Crippen LogP contribution in [0.4, 0.5) is 0 Å². The number of hydrogen-bond acceptors (Lipinski definition) is 6. The molecule has 0 aliphatic carbocycles. The van der Waals surface area contributed by atoms with Crippen LogP contribution < -0.4 is 5.32 Å². The van der Waals surface area contributed by atoms with Gasteiger partial charge in [0.2, 0.25) is 0 Å². The van der Waals surface area contributed by atoms with Crippen LogP contribution in [-0.4, -0.2) is 48.7 Å². The van der Waals surface area contributed by atoms with Crippen molar-refractivity contribution in [1.29, 1.82) is 5.41 Å². The van der Waals surface area contributed by atoms with Gasteiger partial charge in [0.15, 0.2) is 0 Å².